The van der Waals surface area contributed by atoms with Gasteiger partial charge in [0.25, 0.3) is 16.9 Å². The van der Waals surface area contributed by atoms with Gasteiger partial charge in [0.2, 0.25) is 0 Å². The number of carbonyl (C=O) groups is 1. The predicted octanol–water partition coefficient (Wildman–Crippen LogP) is 15.4. The van der Waals surface area contributed by atoms with Crippen molar-refractivity contribution in [3.63, 3.8) is 0 Å². The Morgan fingerprint density at radius 2 is 0.971 bits per heavy atom. The van der Waals surface area contributed by atoms with Crippen LogP contribution in [0.5, 0.6) is 23.0 Å². The summed E-state index contributed by atoms with van der Waals surface area (Å²) in [7, 11) is 1.00. The van der Waals surface area contributed by atoms with Crippen molar-refractivity contribution in [2.75, 3.05) is 122 Å². The summed E-state index contributed by atoms with van der Waals surface area (Å²) in [6, 6.07) is 38.4. The maximum Gasteiger partial charge on any atom is 0.337 e. The SMILES string of the molecule is CO.C[C@H]1CCCN(CCCOc2ccc(N)cc2)C1.C[C@H]1CCCN(CCCOc2ccc([N+](=O)[O-])cc2)C1.C[C@H]1CCCNC1.Cc1ccc(N)c(C(=O)O)c1.Cc1ccc2nc(C)n(-c3ccc(OCCCN4CCC[C@H](C)C4)cc3)c(=O)c2c1.Cl.O=[N+]([O-])c1ccc(OCCCBr)cc1.[V]. The van der Waals surface area contributed by atoms with E-state index in [0.29, 0.717) is 48.2 Å². The molecule has 0 amide bonds. The van der Waals surface area contributed by atoms with E-state index in [1.54, 1.807) is 47.0 Å². The molecule has 4 fully saturated rings. The number of benzene rings is 6. The molecule has 25 heteroatoms. The quantitative estimate of drug-likeness (QED) is 0.0131. The Hall–Kier alpha value is -7.32. The third-order valence-corrected chi connectivity index (χ3v) is 18.2. The minimum Gasteiger partial charge on any atom is -0.494 e. The number of rotatable bonds is 23. The second kappa shape index (κ2) is 51.0. The van der Waals surface area contributed by atoms with Crippen molar-refractivity contribution in [2.45, 2.75) is 126 Å². The number of fused-ring (bicyclic) bond motifs is 1. The Morgan fingerprint density at radius 1 is 0.577 bits per heavy atom. The smallest absolute Gasteiger partial charge is 0.337 e. The number of nitrogens with one attached hydrogen (secondary N) is 1. The van der Waals surface area contributed by atoms with Crippen LogP contribution in [0.15, 0.2) is 138 Å². The van der Waals surface area contributed by atoms with Gasteiger partial charge in [-0.1, -0.05) is 66.9 Å². The number of aliphatic hydroxyl groups excluding tert-OH is 1. The standard InChI is InChI=1S/C25H31N3O2.C15H22N2O3.C15H24N2O.C9H10BrNO3.C8H9NO2.C6H13N.CH4O.ClH.V/c1-18-7-12-24-23(16-18)25(29)28(20(3)26-24)21-8-10-22(11-9-21)30-15-5-14-27-13-4-6-19(2)17-27;1-13-4-2-9-16(12-13)10-3-11-20-15-7-5-14(6-8-15)17(18)19;1-13-4-2-9-17(12-13)10-3-11-18-15-7-5-14(16)6-8-15;10-6-1-7-14-9-4-2-8(3-5-9)11(12)13;1-5-2-3-7(9)6(4-5)8(10)11;1-6-3-2-4-7-5-6;1-2;;/h7-12,16,19H,4-6,13-15,17H2,1-3H3;5-8,13H,2-4,9-12H2,1H3;5-8,13H,2-4,9-12,16H2,1H3;2-5H,1,6-7H2;2-4H,9H2,1H3,(H,10,11);6-7H,2-5H2,1H3;2H,1H3;1H;/t19-;2*13-;;;6-;;;/m000..0.../s1. The first-order valence-corrected chi connectivity index (χ1v) is 37.2. The van der Waals surface area contributed by atoms with Crippen LogP contribution in [0.2, 0.25) is 0 Å². The average molecular weight is 1560 g/mol. The molecule has 104 heavy (non-hydrogen) atoms. The van der Waals surface area contributed by atoms with Gasteiger partial charge in [0.05, 0.1) is 58.4 Å². The number of nitrogens with two attached hydrogens (primary N) is 2. The molecular weight excluding hydrogens is 1450 g/mol. The maximum absolute atomic E-state index is 13.1. The third kappa shape index (κ3) is 34.7. The van der Waals surface area contributed by atoms with E-state index >= 15 is 0 Å². The van der Waals surface area contributed by atoms with Gasteiger partial charge in [-0.3, -0.25) is 29.6 Å². The minimum absolute atomic E-state index is 0. The average Bonchev–Trinajstić information content (AvgIpc) is 0.776. The summed E-state index contributed by atoms with van der Waals surface area (Å²) in [6.45, 7) is 30.8. The first kappa shape index (κ1) is 90.9. The van der Waals surface area contributed by atoms with Crippen molar-refractivity contribution in [1.29, 1.82) is 0 Å². The van der Waals surface area contributed by atoms with Gasteiger partial charge < -0.3 is 60.6 Å². The third-order valence-electron chi connectivity index (χ3n) is 17.7. The molecule has 571 valence electrons. The van der Waals surface area contributed by atoms with Gasteiger partial charge >= 0.3 is 5.97 Å². The van der Waals surface area contributed by atoms with Crippen LogP contribution < -0.4 is 41.3 Å². The number of nitrogen functional groups attached to an aromatic ring is 2. The summed E-state index contributed by atoms with van der Waals surface area (Å²) >= 11 is 3.28. The number of nitro groups is 2. The molecule has 4 saturated heterocycles. The maximum atomic E-state index is 13.1. The number of aryl methyl sites for hydroxylation is 3. The van der Waals surface area contributed by atoms with Gasteiger partial charge in [0.15, 0.2) is 0 Å². The van der Waals surface area contributed by atoms with E-state index in [2.05, 4.69) is 68.6 Å². The number of carboxylic acids is 1. The molecule has 4 atom stereocenters. The number of anilines is 2. The molecule has 5 heterocycles. The zero-order chi connectivity index (χ0) is 74.2. The second-order valence-corrected chi connectivity index (χ2v) is 27.7. The number of likely N-dealkylation sites (tertiary alicyclic amines) is 3. The number of aromatic carboxylic acids is 1. The monoisotopic (exact) mass is 1560 g/mol. The van der Waals surface area contributed by atoms with E-state index in [4.69, 9.17) is 40.6 Å². The minimum atomic E-state index is -0.980. The number of ether oxygens (including phenoxy) is 4. The summed E-state index contributed by atoms with van der Waals surface area (Å²) in [5.41, 5.74) is 15.9. The summed E-state index contributed by atoms with van der Waals surface area (Å²) in [6.07, 6.45) is 14.9. The van der Waals surface area contributed by atoms with Crippen LogP contribution in [0, 0.1) is 64.7 Å². The summed E-state index contributed by atoms with van der Waals surface area (Å²) < 4.78 is 24.2. The van der Waals surface area contributed by atoms with E-state index in [1.165, 1.54) is 128 Å². The molecule has 7 N–H and O–H groups in total. The predicted molar refractivity (Wildman–Crippen MR) is 422 cm³/mol. The van der Waals surface area contributed by atoms with Crippen LogP contribution in [0.25, 0.3) is 16.6 Å². The number of carboxylic acid groups (broad SMARTS) is 1. The van der Waals surface area contributed by atoms with E-state index in [-0.39, 0.29) is 53.5 Å². The van der Waals surface area contributed by atoms with Crippen molar-refractivity contribution >= 4 is 68.0 Å². The van der Waals surface area contributed by atoms with Crippen LogP contribution in [-0.2, 0) is 18.6 Å². The molecule has 0 saturated carbocycles. The normalized spacial score (nSPS) is 17.0. The number of nitrogens with zero attached hydrogens (tertiary/aromatic N) is 7. The molecule has 0 bridgehead atoms. The summed E-state index contributed by atoms with van der Waals surface area (Å²) in [5.74, 6) is 6.21. The Labute approximate surface area is 642 Å². The van der Waals surface area contributed by atoms with Crippen molar-refractivity contribution in [1.82, 2.24) is 29.6 Å². The molecule has 0 spiro atoms. The van der Waals surface area contributed by atoms with Crippen molar-refractivity contribution in [2.24, 2.45) is 23.7 Å². The molecule has 1 radical (unpaired) electrons. The van der Waals surface area contributed by atoms with E-state index < -0.39 is 15.8 Å². The Bertz CT molecular complexity index is 3620. The van der Waals surface area contributed by atoms with Crippen molar-refractivity contribution < 1.29 is 62.4 Å². The zero-order valence-corrected chi connectivity index (χ0v) is 66.1. The van der Waals surface area contributed by atoms with Crippen LogP contribution in [0.4, 0.5) is 22.7 Å². The first-order valence-electron chi connectivity index (χ1n) is 36.1. The van der Waals surface area contributed by atoms with Crippen LogP contribution in [0.1, 0.15) is 132 Å². The van der Waals surface area contributed by atoms with Crippen LogP contribution >= 0.6 is 28.3 Å². The number of piperidine rings is 4. The molecule has 0 aliphatic carbocycles. The van der Waals surface area contributed by atoms with Crippen molar-refractivity contribution in [3.8, 4) is 28.7 Å². The molecule has 4 aliphatic heterocycles. The van der Waals surface area contributed by atoms with E-state index in [1.807, 2.05) is 87.5 Å². The van der Waals surface area contributed by atoms with Gasteiger partial charge in [-0.25, -0.2) is 9.78 Å². The Kier molecular flexibility index (Phi) is 44.6. The number of halogens is 2. The first-order chi connectivity index (χ1) is 49.1. The number of hydrogen-bond acceptors (Lipinski definition) is 18. The molecule has 4 aliphatic rings. The number of nitro benzene ring substituents is 2. The van der Waals surface area contributed by atoms with Gasteiger partial charge in [-0.05, 0) is 251 Å². The Morgan fingerprint density at radius 3 is 1.34 bits per heavy atom. The van der Waals surface area contributed by atoms with Crippen molar-refractivity contribution in [3.05, 3.63) is 187 Å². The van der Waals surface area contributed by atoms with Gasteiger partial charge in [0.1, 0.15) is 28.8 Å². The molecule has 22 nitrogen and oxygen atoms in total. The van der Waals surface area contributed by atoms with E-state index in [0.717, 1.165) is 128 Å². The fourth-order valence-electron chi connectivity index (χ4n) is 12.3. The molecule has 1 aromatic heterocycles. The zero-order valence-electron chi connectivity index (χ0n) is 62.3. The molecule has 0 unspecified atom stereocenters. The molecule has 11 rings (SSSR count). The molecule has 6 aromatic carbocycles. The fraction of sp³-hybridized carbons (Fsp3) is 0.506. The number of non-ortho nitro benzene ring substituents is 2. The van der Waals surface area contributed by atoms with Crippen LogP contribution in [0.3, 0.4) is 0 Å². The molecular formula is C79H114BrClN10O12V. The fourth-order valence-corrected chi connectivity index (χ4v) is 12.6. The number of hydrogen-bond donors (Lipinski definition) is 5. The van der Waals surface area contributed by atoms with E-state index in [9.17, 15) is 29.8 Å². The second-order valence-electron chi connectivity index (χ2n) is 26.9. The van der Waals surface area contributed by atoms with Gasteiger partial charge in [0, 0.05) is 106 Å². The number of alkyl halides is 1. The summed E-state index contributed by atoms with van der Waals surface area (Å²) in [4.78, 5) is 55.8. The Balaban J connectivity index is 0.000000337. The largest absolute Gasteiger partial charge is 0.494 e. The van der Waals surface area contributed by atoms with Crippen LogP contribution in [-0.4, -0.2) is 161 Å². The van der Waals surface area contributed by atoms with Gasteiger partial charge in [-0.15, -0.1) is 12.4 Å². The topological polar surface area (TPSA) is 289 Å². The molecule has 7 aromatic rings. The number of aromatic nitrogens is 2. The summed E-state index contributed by atoms with van der Waals surface area (Å²) in [5, 5.41) is 41.3. The number of aliphatic hydroxyl groups is 1. The van der Waals surface area contributed by atoms with Gasteiger partial charge in [-0.2, -0.15) is 0 Å².